The summed E-state index contributed by atoms with van der Waals surface area (Å²) in [6, 6.07) is 7.48. The fraction of sp³-hybridized carbons (Fsp3) is 0.200. The molecule has 1 unspecified atom stereocenters. The van der Waals surface area contributed by atoms with E-state index in [9.17, 15) is 22.0 Å². The summed E-state index contributed by atoms with van der Waals surface area (Å²) in [5.41, 5.74) is -0.393. The summed E-state index contributed by atoms with van der Waals surface area (Å²) in [5.74, 6) is -1.38. The maximum atomic E-state index is 13.7. The average molecular weight is 301 g/mol. The molecule has 0 aliphatic heterocycles. The Morgan fingerprint density at radius 2 is 1.57 bits per heavy atom. The Bertz CT molecular complexity index is 619. The number of alkyl halides is 3. The number of rotatable bonds is 3. The van der Waals surface area contributed by atoms with Crippen LogP contribution in [0.1, 0.15) is 24.1 Å². The van der Waals surface area contributed by atoms with Crippen LogP contribution < -0.4 is 5.32 Å². The van der Waals surface area contributed by atoms with Gasteiger partial charge >= 0.3 is 6.18 Å². The second-order valence-electron chi connectivity index (χ2n) is 4.61. The minimum absolute atomic E-state index is 0.0418. The van der Waals surface area contributed by atoms with Crippen LogP contribution in [0.25, 0.3) is 0 Å². The van der Waals surface area contributed by atoms with Gasteiger partial charge in [0.25, 0.3) is 0 Å². The van der Waals surface area contributed by atoms with Gasteiger partial charge in [0.05, 0.1) is 11.3 Å². The molecule has 0 aromatic heterocycles. The zero-order valence-electron chi connectivity index (χ0n) is 11.0. The molecule has 2 aromatic carbocycles. The van der Waals surface area contributed by atoms with Crippen LogP contribution in [0.4, 0.5) is 27.6 Å². The van der Waals surface area contributed by atoms with Crippen LogP contribution in [0.2, 0.25) is 0 Å². The zero-order chi connectivity index (χ0) is 15.6. The third kappa shape index (κ3) is 3.71. The smallest absolute Gasteiger partial charge is 0.376 e. The Hall–Kier alpha value is -2.11. The lowest BCUT2D eigenvalue weighted by Gasteiger charge is -2.17. The number of benzene rings is 2. The van der Waals surface area contributed by atoms with Gasteiger partial charge in [-0.1, -0.05) is 12.1 Å². The van der Waals surface area contributed by atoms with Crippen molar-refractivity contribution in [2.45, 2.75) is 19.1 Å². The molecule has 1 nitrogen and oxygen atoms in total. The first-order chi connectivity index (χ1) is 9.77. The lowest BCUT2D eigenvalue weighted by molar-refractivity contribution is -0.137. The Balaban J connectivity index is 2.18. The van der Waals surface area contributed by atoms with E-state index in [-0.39, 0.29) is 11.7 Å². The Morgan fingerprint density at radius 1 is 0.952 bits per heavy atom. The highest BCUT2D eigenvalue weighted by Crippen LogP contribution is 2.32. The third-order valence-corrected chi connectivity index (χ3v) is 3.04. The van der Waals surface area contributed by atoms with E-state index in [2.05, 4.69) is 5.32 Å². The van der Waals surface area contributed by atoms with Gasteiger partial charge in [-0.15, -0.1) is 0 Å². The molecule has 6 heteroatoms. The Kier molecular flexibility index (Phi) is 4.16. The second-order valence-corrected chi connectivity index (χ2v) is 4.61. The van der Waals surface area contributed by atoms with Gasteiger partial charge < -0.3 is 5.32 Å². The van der Waals surface area contributed by atoms with Crippen molar-refractivity contribution < 1.29 is 22.0 Å². The summed E-state index contributed by atoms with van der Waals surface area (Å²) in [7, 11) is 0. The maximum absolute atomic E-state index is 13.7. The van der Waals surface area contributed by atoms with E-state index in [4.69, 9.17) is 0 Å². The minimum Gasteiger partial charge on any atom is -0.376 e. The van der Waals surface area contributed by atoms with E-state index >= 15 is 0 Å². The first kappa shape index (κ1) is 15.3. The van der Waals surface area contributed by atoms with Gasteiger partial charge in [0.15, 0.2) is 0 Å². The van der Waals surface area contributed by atoms with Crippen molar-refractivity contribution in [1.82, 2.24) is 0 Å². The van der Waals surface area contributed by atoms with Crippen molar-refractivity contribution in [2.24, 2.45) is 0 Å². The minimum atomic E-state index is -4.58. The largest absolute Gasteiger partial charge is 0.416 e. The van der Waals surface area contributed by atoms with Crippen LogP contribution in [0, 0.1) is 11.6 Å². The topological polar surface area (TPSA) is 12.0 Å². The van der Waals surface area contributed by atoms with Crippen molar-refractivity contribution in [3.63, 3.8) is 0 Å². The molecule has 21 heavy (non-hydrogen) atoms. The van der Waals surface area contributed by atoms with Crippen molar-refractivity contribution in [3.05, 3.63) is 65.2 Å². The molecule has 2 rings (SSSR count). The number of nitrogens with one attached hydrogen (secondary N) is 1. The second kappa shape index (κ2) is 5.71. The average Bonchev–Trinajstić information content (AvgIpc) is 2.40. The van der Waals surface area contributed by atoms with Crippen LogP contribution in [-0.4, -0.2) is 0 Å². The van der Waals surface area contributed by atoms with E-state index in [1.54, 1.807) is 6.92 Å². The quantitative estimate of drug-likeness (QED) is 0.772. The monoisotopic (exact) mass is 301 g/mol. The van der Waals surface area contributed by atoms with Crippen LogP contribution in [0.3, 0.4) is 0 Å². The van der Waals surface area contributed by atoms with E-state index in [0.29, 0.717) is 11.6 Å². The molecule has 0 saturated carbocycles. The predicted molar refractivity (Wildman–Crippen MR) is 69.8 cm³/mol. The molecule has 0 aliphatic rings. The number of anilines is 1. The first-order valence-electron chi connectivity index (χ1n) is 6.16. The molecule has 0 radical (unpaired) electrons. The molecule has 0 heterocycles. The molecule has 0 bridgehead atoms. The van der Waals surface area contributed by atoms with E-state index in [1.807, 2.05) is 0 Å². The Labute approximate surface area is 118 Å². The molecular formula is C15H12F5N. The fourth-order valence-corrected chi connectivity index (χ4v) is 1.88. The van der Waals surface area contributed by atoms with Gasteiger partial charge in [-0.05, 0) is 42.8 Å². The summed E-state index contributed by atoms with van der Waals surface area (Å²) < 4.78 is 63.8. The Morgan fingerprint density at radius 3 is 2.10 bits per heavy atom. The summed E-state index contributed by atoms with van der Waals surface area (Å²) in [4.78, 5) is 0. The van der Waals surface area contributed by atoms with Gasteiger partial charge in [0.2, 0.25) is 0 Å². The lowest BCUT2D eigenvalue weighted by atomic mass is 10.1. The van der Waals surface area contributed by atoms with Gasteiger partial charge in [-0.3, -0.25) is 0 Å². The van der Waals surface area contributed by atoms with Crippen molar-refractivity contribution in [1.29, 1.82) is 0 Å². The predicted octanol–water partition coefficient (Wildman–Crippen LogP) is 5.16. The summed E-state index contributed by atoms with van der Waals surface area (Å²) in [5, 5.41) is 2.76. The van der Waals surface area contributed by atoms with Gasteiger partial charge in [-0.25, -0.2) is 8.78 Å². The van der Waals surface area contributed by atoms with Crippen molar-refractivity contribution in [2.75, 3.05) is 5.32 Å². The molecule has 0 amide bonds. The highest BCUT2D eigenvalue weighted by atomic mass is 19.4. The van der Waals surface area contributed by atoms with Crippen molar-refractivity contribution in [3.8, 4) is 0 Å². The molecule has 1 atom stereocenters. The number of halogens is 5. The van der Waals surface area contributed by atoms with E-state index in [0.717, 1.165) is 12.1 Å². The van der Waals surface area contributed by atoms with Crippen LogP contribution in [-0.2, 0) is 6.18 Å². The zero-order valence-corrected chi connectivity index (χ0v) is 11.0. The number of hydrogen-bond acceptors (Lipinski definition) is 1. The first-order valence-corrected chi connectivity index (χ1v) is 6.16. The van der Waals surface area contributed by atoms with Gasteiger partial charge in [0, 0.05) is 6.04 Å². The third-order valence-electron chi connectivity index (χ3n) is 3.04. The molecule has 1 N–H and O–H groups in total. The molecule has 0 aliphatic carbocycles. The number of hydrogen-bond donors (Lipinski definition) is 1. The summed E-state index contributed by atoms with van der Waals surface area (Å²) >= 11 is 0. The van der Waals surface area contributed by atoms with Gasteiger partial charge in [0.1, 0.15) is 11.6 Å². The van der Waals surface area contributed by atoms with Crippen molar-refractivity contribution >= 4 is 5.69 Å². The highest BCUT2D eigenvalue weighted by Gasteiger charge is 2.31. The fourth-order valence-electron chi connectivity index (χ4n) is 1.88. The standard InChI is InChI=1S/C15H12F5N/c1-9(10-2-5-12(16)6-3-10)21-14-7-4-11(8-13(14)17)15(18,19)20/h2-9,21H,1H3. The molecule has 0 saturated heterocycles. The van der Waals surface area contributed by atoms with Crippen LogP contribution in [0.15, 0.2) is 42.5 Å². The maximum Gasteiger partial charge on any atom is 0.416 e. The lowest BCUT2D eigenvalue weighted by Crippen LogP contribution is -2.10. The summed E-state index contributed by atoms with van der Waals surface area (Å²) in [6.45, 7) is 1.70. The normalized spacial score (nSPS) is 13.0. The molecular weight excluding hydrogens is 289 g/mol. The summed E-state index contributed by atoms with van der Waals surface area (Å²) in [6.07, 6.45) is -4.58. The van der Waals surface area contributed by atoms with Crippen LogP contribution in [0.5, 0.6) is 0 Å². The van der Waals surface area contributed by atoms with E-state index in [1.165, 1.54) is 24.3 Å². The van der Waals surface area contributed by atoms with Crippen LogP contribution >= 0.6 is 0 Å². The molecule has 0 fully saturated rings. The van der Waals surface area contributed by atoms with E-state index < -0.39 is 23.4 Å². The molecule has 0 spiro atoms. The van der Waals surface area contributed by atoms with Gasteiger partial charge in [-0.2, -0.15) is 13.2 Å². The SMILES string of the molecule is CC(Nc1ccc(C(F)(F)F)cc1F)c1ccc(F)cc1. The highest BCUT2D eigenvalue weighted by molar-refractivity contribution is 5.48. The molecule has 2 aromatic rings. The molecule has 112 valence electrons.